The van der Waals surface area contributed by atoms with E-state index in [1.165, 1.54) is 11.3 Å². The van der Waals surface area contributed by atoms with E-state index in [1.807, 2.05) is 100.0 Å². The molecule has 0 aliphatic carbocycles. The van der Waals surface area contributed by atoms with Crippen LogP contribution in [0.3, 0.4) is 0 Å². The molecule has 0 spiro atoms. The maximum atomic E-state index is 13.9. The van der Waals surface area contributed by atoms with E-state index in [4.69, 9.17) is 4.99 Å². The number of thiazole rings is 1. The van der Waals surface area contributed by atoms with Crippen molar-refractivity contribution in [2.24, 2.45) is 4.99 Å². The summed E-state index contributed by atoms with van der Waals surface area (Å²) in [4.78, 5) is 32.9. The van der Waals surface area contributed by atoms with E-state index >= 15 is 0 Å². The number of carbonyl (C=O) groups is 1. The zero-order valence-corrected chi connectivity index (χ0v) is 22.4. The van der Waals surface area contributed by atoms with Crippen molar-refractivity contribution in [3.05, 3.63) is 114 Å². The molecule has 0 radical (unpaired) electrons. The Morgan fingerprint density at radius 3 is 2.43 bits per heavy atom. The molecule has 2 aromatic carbocycles. The first-order valence-electron chi connectivity index (χ1n) is 12.3. The third-order valence-electron chi connectivity index (χ3n) is 6.79. The van der Waals surface area contributed by atoms with Gasteiger partial charge < -0.3 is 5.32 Å². The summed E-state index contributed by atoms with van der Waals surface area (Å²) in [5.41, 5.74) is 6.26. The van der Waals surface area contributed by atoms with Gasteiger partial charge in [-0.2, -0.15) is 5.10 Å². The molecule has 5 rings (SSSR count). The molecule has 1 aliphatic heterocycles. The number of nitrogens with zero attached hydrogens (tertiary/aromatic N) is 4. The third kappa shape index (κ3) is 4.38. The Bertz CT molecular complexity index is 1720. The quantitative estimate of drug-likeness (QED) is 0.440. The highest BCUT2D eigenvalue weighted by Gasteiger charge is 2.32. The number of rotatable bonds is 5. The predicted molar refractivity (Wildman–Crippen MR) is 147 cm³/mol. The Hall–Kier alpha value is -4.04. The predicted octanol–water partition coefficient (Wildman–Crippen LogP) is 4.02. The number of hydrogen-bond donors (Lipinski definition) is 1. The topological polar surface area (TPSA) is 81.3 Å². The molecule has 0 saturated carbocycles. The van der Waals surface area contributed by atoms with Crippen LogP contribution in [0.1, 0.15) is 48.0 Å². The van der Waals surface area contributed by atoms with Crippen LogP contribution in [0.5, 0.6) is 0 Å². The van der Waals surface area contributed by atoms with Gasteiger partial charge in [0.2, 0.25) is 0 Å². The molecule has 0 bridgehead atoms. The smallest absolute Gasteiger partial charge is 0.271 e. The average molecular weight is 512 g/mol. The second-order valence-electron chi connectivity index (χ2n) is 9.16. The lowest BCUT2D eigenvalue weighted by Gasteiger charge is -2.25. The first kappa shape index (κ1) is 24.6. The van der Waals surface area contributed by atoms with Gasteiger partial charge in [-0.3, -0.25) is 18.8 Å². The molecular weight excluding hydrogens is 482 g/mol. The van der Waals surface area contributed by atoms with Crippen LogP contribution in [0.2, 0.25) is 0 Å². The zero-order valence-electron chi connectivity index (χ0n) is 21.6. The molecule has 188 valence electrons. The van der Waals surface area contributed by atoms with Gasteiger partial charge in [0, 0.05) is 23.5 Å². The van der Waals surface area contributed by atoms with Crippen molar-refractivity contribution in [2.45, 2.75) is 47.2 Å². The number of para-hydroxylation sites is 1. The summed E-state index contributed by atoms with van der Waals surface area (Å²) in [6.45, 7) is 10.5. The monoisotopic (exact) mass is 511 g/mol. The van der Waals surface area contributed by atoms with Crippen molar-refractivity contribution in [1.82, 2.24) is 14.3 Å². The van der Waals surface area contributed by atoms with Gasteiger partial charge in [0.25, 0.3) is 11.5 Å². The summed E-state index contributed by atoms with van der Waals surface area (Å²) in [6.07, 6.45) is 1.90. The number of fused-ring (bicyclic) bond motifs is 1. The Balaban J connectivity index is 1.68. The largest absolute Gasteiger partial charge is 0.322 e. The Morgan fingerprint density at radius 1 is 1.05 bits per heavy atom. The van der Waals surface area contributed by atoms with Gasteiger partial charge in [-0.1, -0.05) is 59.9 Å². The van der Waals surface area contributed by atoms with Crippen molar-refractivity contribution in [2.75, 3.05) is 5.32 Å². The summed E-state index contributed by atoms with van der Waals surface area (Å²) in [5.74, 6) is -0.269. The Morgan fingerprint density at radius 2 is 1.76 bits per heavy atom. The van der Waals surface area contributed by atoms with Gasteiger partial charge in [-0.25, -0.2) is 4.99 Å². The molecule has 4 aromatic rings. The van der Waals surface area contributed by atoms with Crippen LogP contribution in [0, 0.1) is 20.8 Å². The van der Waals surface area contributed by atoms with Gasteiger partial charge >= 0.3 is 0 Å². The number of aryl methyl sites for hydroxylation is 3. The lowest BCUT2D eigenvalue weighted by molar-refractivity contribution is -0.113. The van der Waals surface area contributed by atoms with E-state index in [1.54, 1.807) is 4.57 Å². The van der Waals surface area contributed by atoms with Gasteiger partial charge in [0.1, 0.15) is 0 Å². The van der Waals surface area contributed by atoms with Crippen molar-refractivity contribution in [3.8, 4) is 0 Å². The molecule has 1 unspecified atom stereocenters. The first-order chi connectivity index (χ1) is 17.8. The highest BCUT2D eigenvalue weighted by atomic mass is 32.1. The van der Waals surface area contributed by atoms with Gasteiger partial charge in [-0.05, 0) is 57.9 Å². The zero-order chi connectivity index (χ0) is 26.3. The molecule has 1 N–H and O–H groups in total. The van der Waals surface area contributed by atoms with Crippen LogP contribution >= 0.6 is 11.3 Å². The fourth-order valence-electron chi connectivity index (χ4n) is 4.82. The van der Waals surface area contributed by atoms with Crippen molar-refractivity contribution in [3.63, 3.8) is 0 Å². The van der Waals surface area contributed by atoms with Crippen LogP contribution in [0.15, 0.2) is 75.7 Å². The third-order valence-corrected chi connectivity index (χ3v) is 7.77. The minimum Gasteiger partial charge on any atom is -0.322 e. The molecule has 37 heavy (non-hydrogen) atoms. The van der Waals surface area contributed by atoms with E-state index in [-0.39, 0.29) is 11.5 Å². The molecular formula is C29H29N5O2S. The number of benzene rings is 2. The van der Waals surface area contributed by atoms with Gasteiger partial charge in [0.05, 0.1) is 27.5 Å². The van der Waals surface area contributed by atoms with E-state index in [0.29, 0.717) is 20.6 Å². The van der Waals surface area contributed by atoms with Gasteiger partial charge in [0.15, 0.2) is 4.80 Å². The minimum atomic E-state index is -0.593. The van der Waals surface area contributed by atoms with Crippen LogP contribution in [-0.4, -0.2) is 20.3 Å². The van der Waals surface area contributed by atoms with Gasteiger partial charge in [-0.15, -0.1) is 0 Å². The highest BCUT2D eigenvalue weighted by molar-refractivity contribution is 7.07. The standard InChI is InChI=1S/C29H29N5O2S/c1-6-33-20(5)22(18(3)32-33)16-24-28(36)34-26(21-13-8-7-9-14-21)25(19(4)30-29(34)37-24)27(35)31-23-15-11-10-12-17(23)2/h7-16,26H,6H2,1-5H3,(H,31,35). The van der Waals surface area contributed by atoms with Crippen molar-refractivity contribution < 1.29 is 4.79 Å². The number of amides is 1. The molecule has 1 aliphatic rings. The first-order valence-corrected chi connectivity index (χ1v) is 13.1. The number of nitrogens with one attached hydrogen (secondary N) is 1. The molecule has 7 nitrogen and oxygen atoms in total. The molecule has 1 amide bonds. The summed E-state index contributed by atoms with van der Waals surface area (Å²) in [5, 5.41) is 7.63. The van der Waals surface area contributed by atoms with E-state index in [0.717, 1.165) is 40.3 Å². The summed E-state index contributed by atoms with van der Waals surface area (Å²) >= 11 is 1.34. The normalized spacial score (nSPS) is 15.5. The molecule has 1 atom stereocenters. The second-order valence-corrected chi connectivity index (χ2v) is 10.2. The fourth-order valence-corrected chi connectivity index (χ4v) is 5.85. The van der Waals surface area contributed by atoms with Crippen LogP contribution in [0.4, 0.5) is 5.69 Å². The maximum absolute atomic E-state index is 13.9. The van der Waals surface area contributed by atoms with E-state index in [9.17, 15) is 9.59 Å². The fraction of sp³-hybridized carbons (Fsp3) is 0.241. The Kier molecular flexibility index (Phi) is 6.52. The van der Waals surface area contributed by atoms with Crippen LogP contribution in [0.25, 0.3) is 6.08 Å². The van der Waals surface area contributed by atoms with E-state index in [2.05, 4.69) is 10.4 Å². The number of anilines is 1. The number of hydrogen-bond acceptors (Lipinski definition) is 5. The lowest BCUT2D eigenvalue weighted by atomic mass is 9.95. The van der Waals surface area contributed by atoms with Crippen molar-refractivity contribution in [1.29, 1.82) is 0 Å². The second kappa shape index (κ2) is 9.78. The number of allylic oxidation sites excluding steroid dienone is 1. The van der Waals surface area contributed by atoms with Crippen molar-refractivity contribution >= 4 is 29.0 Å². The molecule has 0 saturated heterocycles. The molecule has 3 heterocycles. The molecule has 0 fully saturated rings. The molecule has 2 aromatic heterocycles. The maximum Gasteiger partial charge on any atom is 0.271 e. The molecule has 8 heteroatoms. The highest BCUT2D eigenvalue weighted by Crippen LogP contribution is 2.31. The number of aromatic nitrogens is 3. The SMILES string of the molecule is CCn1nc(C)c(C=c2sc3n(c2=O)C(c2ccccc2)C(C(=O)Nc2ccccc2C)=C(C)N=3)c1C. The number of carbonyl (C=O) groups excluding carboxylic acids is 1. The summed E-state index contributed by atoms with van der Waals surface area (Å²) in [6, 6.07) is 16.7. The average Bonchev–Trinajstić information content (AvgIpc) is 3.34. The summed E-state index contributed by atoms with van der Waals surface area (Å²) < 4.78 is 4.15. The van der Waals surface area contributed by atoms with Crippen LogP contribution < -0.4 is 20.2 Å². The van der Waals surface area contributed by atoms with E-state index < -0.39 is 6.04 Å². The summed E-state index contributed by atoms with van der Waals surface area (Å²) in [7, 11) is 0. The lowest BCUT2D eigenvalue weighted by Crippen LogP contribution is -2.40. The minimum absolute atomic E-state index is 0.172. The Labute approximate surface area is 219 Å². The van der Waals surface area contributed by atoms with Crippen LogP contribution in [-0.2, 0) is 11.3 Å².